The predicted octanol–water partition coefficient (Wildman–Crippen LogP) is 9.91. The third kappa shape index (κ3) is 4.51. The molecule has 2 unspecified atom stereocenters. The molecule has 0 bridgehead atoms. The molecule has 0 amide bonds. The smallest absolute Gasteiger partial charge is 0.127 e. The molecule has 3 heteroatoms. The van der Waals surface area contributed by atoms with E-state index in [2.05, 4.69) is 108 Å². The number of nitrogens with zero attached hydrogens (tertiary/aromatic N) is 1. The first kappa shape index (κ1) is 25.7. The Kier molecular flexibility index (Phi) is 6.53. The number of fused-ring (bicyclic) bond motifs is 1. The van der Waals surface area contributed by atoms with E-state index in [1.807, 2.05) is 24.3 Å². The van der Waals surface area contributed by atoms with E-state index in [1.54, 1.807) is 0 Å². The summed E-state index contributed by atoms with van der Waals surface area (Å²) in [6.07, 6.45) is 2.09. The summed E-state index contributed by atoms with van der Waals surface area (Å²) < 4.78 is 0. The van der Waals surface area contributed by atoms with Gasteiger partial charge in [-0.3, -0.25) is 4.99 Å². The number of phenolic OH excluding ortho intramolecular Hbond substituents is 1. The summed E-state index contributed by atoms with van der Waals surface area (Å²) in [5, 5.41) is 14.4. The van der Waals surface area contributed by atoms with Gasteiger partial charge in [0.2, 0.25) is 0 Å². The Hall–Kier alpha value is -2.96. The van der Waals surface area contributed by atoms with Crippen LogP contribution in [0, 0.1) is 5.41 Å². The molecule has 37 heavy (non-hydrogen) atoms. The Morgan fingerprint density at radius 1 is 0.757 bits per heavy atom. The first-order chi connectivity index (χ1) is 17.5. The molecule has 2 nitrogen and oxygen atoms in total. The second-order valence-corrected chi connectivity index (χ2v) is 15.3. The molecule has 1 aliphatic heterocycles. The largest absolute Gasteiger partial charge is 0.507 e. The Balaban J connectivity index is 1.77. The number of benzene rings is 4. The summed E-state index contributed by atoms with van der Waals surface area (Å²) >= 11 is 0. The van der Waals surface area contributed by atoms with Gasteiger partial charge in [0.05, 0.1) is 11.1 Å². The maximum Gasteiger partial charge on any atom is 0.127 e. The highest BCUT2D eigenvalue weighted by Gasteiger charge is 2.57. The number of hydrogen-bond acceptors (Lipinski definition) is 2. The molecule has 190 valence electrons. The number of rotatable bonds is 3. The lowest BCUT2D eigenvalue weighted by Gasteiger charge is -2.45. The van der Waals surface area contributed by atoms with Gasteiger partial charge in [-0.25, -0.2) is 0 Å². The van der Waals surface area contributed by atoms with E-state index in [0.29, 0.717) is 5.75 Å². The lowest BCUT2D eigenvalue weighted by Crippen LogP contribution is -2.44. The first-order valence-electron chi connectivity index (χ1n) is 13.3. The lowest BCUT2D eigenvalue weighted by molar-refractivity contribution is 0.253. The van der Waals surface area contributed by atoms with E-state index in [0.717, 1.165) is 35.0 Å². The van der Waals surface area contributed by atoms with Gasteiger partial charge in [-0.2, -0.15) is 0 Å². The molecular weight excluding hydrogens is 469 g/mol. The fourth-order valence-electron chi connectivity index (χ4n) is 6.01. The number of aromatic hydroxyl groups is 1. The summed E-state index contributed by atoms with van der Waals surface area (Å²) in [5.41, 5.74) is 4.69. The monoisotopic (exact) mass is 507 g/mol. The van der Waals surface area contributed by atoms with Gasteiger partial charge >= 0.3 is 0 Å². The van der Waals surface area contributed by atoms with Crippen LogP contribution in [0.3, 0.4) is 0 Å². The van der Waals surface area contributed by atoms with Crippen molar-refractivity contribution in [3.8, 4) is 16.9 Å². The van der Waals surface area contributed by atoms with Crippen molar-refractivity contribution in [2.24, 2.45) is 10.4 Å². The Labute approximate surface area is 223 Å². The van der Waals surface area contributed by atoms with Gasteiger partial charge in [-0.1, -0.05) is 128 Å². The zero-order valence-electron chi connectivity index (χ0n) is 22.9. The molecule has 1 fully saturated rings. The SMILES string of the molecule is CC(C)(C)P1CCC(c2cccc(-c3ccccc3)c2O)(C(C)(C)C)C1=Nc1ccc2ccccc2c1. The lowest BCUT2D eigenvalue weighted by atomic mass is 9.61. The summed E-state index contributed by atoms with van der Waals surface area (Å²) in [5.74, 6) is 0.389. The molecule has 0 spiro atoms. The topological polar surface area (TPSA) is 32.6 Å². The van der Waals surface area contributed by atoms with Crippen molar-refractivity contribution in [3.63, 3.8) is 0 Å². The normalized spacial score (nSPS) is 21.6. The highest BCUT2D eigenvalue weighted by Crippen LogP contribution is 2.68. The fraction of sp³-hybridized carbons (Fsp3) is 0.324. The van der Waals surface area contributed by atoms with E-state index in [-0.39, 0.29) is 16.0 Å². The fourth-order valence-corrected chi connectivity index (χ4v) is 9.35. The predicted molar refractivity (Wildman–Crippen MR) is 162 cm³/mol. The molecule has 4 aromatic carbocycles. The molecular formula is C34H38NOP. The number of para-hydroxylation sites is 1. The minimum absolute atomic E-state index is 0.116. The van der Waals surface area contributed by atoms with Crippen LogP contribution in [0.5, 0.6) is 5.75 Å². The van der Waals surface area contributed by atoms with E-state index in [1.165, 1.54) is 16.2 Å². The zero-order valence-corrected chi connectivity index (χ0v) is 23.8. The maximum absolute atomic E-state index is 11.9. The van der Waals surface area contributed by atoms with Gasteiger partial charge < -0.3 is 5.11 Å². The molecule has 0 saturated carbocycles. The van der Waals surface area contributed by atoms with Crippen molar-refractivity contribution in [2.75, 3.05) is 6.16 Å². The van der Waals surface area contributed by atoms with Crippen molar-refractivity contribution in [2.45, 2.75) is 58.5 Å². The molecule has 0 aromatic heterocycles. The zero-order chi connectivity index (χ0) is 26.4. The van der Waals surface area contributed by atoms with Gasteiger partial charge in [0.15, 0.2) is 0 Å². The third-order valence-electron chi connectivity index (χ3n) is 7.99. The molecule has 5 rings (SSSR count). The summed E-state index contributed by atoms with van der Waals surface area (Å²) in [6.45, 7) is 14.0. The second-order valence-electron chi connectivity index (χ2n) is 12.3. The third-order valence-corrected chi connectivity index (χ3v) is 11.3. The molecule has 1 saturated heterocycles. The number of phenols is 1. The van der Waals surface area contributed by atoms with Crippen LogP contribution in [0.2, 0.25) is 0 Å². The molecule has 2 atom stereocenters. The van der Waals surface area contributed by atoms with E-state index in [4.69, 9.17) is 4.99 Å². The summed E-state index contributed by atoms with van der Waals surface area (Å²) in [6, 6.07) is 31.5. The highest BCUT2D eigenvalue weighted by atomic mass is 31.1. The van der Waals surface area contributed by atoms with Crippen molar-refractivity contribution < 1.29 is 5.11 Å². The molecule has 0 radical (unpaired) electrons. The van der Waals surface area contributed by atoms with Gasteiger partial charge in [0.25, 0.3) is 0 Å². The standard InChI is InChI=1S/C34H38NOP/c1-32(2,3)34(29-18-12-17-28(30(29)36)25-14-8-7-9-15-25)21-22-37(33(4,5)6)31(34)35-27-20-19-24-13-10-11-16-26(24)23-27/h7-20,23,36H,21-22H2,1-6H3. The van der Waals surface area contributed by atoms with Crippen molar-refractivity contribution in [3.05, 3.63) is 96.6 Å². The summed E-state index contributed by atoms with van der Waals surface area (Å²) in [4.78, 5) is 5.53. The maximum atomic E-state index is 11.9. The number of aliphatic imine (C=N–C) groups is 1. The van der Waals surface area contributed by atoms with Gasteiger partial charge in [-0.15, -0.1) is 0 Å². The Bertz CT molecular complexity index is 1460. The minimum atomic E-state index is -0.530. The average Bonchev–Trinajstić information content (AvgIpc) is 3.25. The van der Waals surface area contributed by atoms with Crippen LogP contribution in [0.15, 0.2) is 96.0 Å². The quantitative estimate of drug-likeness (QED) is 0.275. The van der Waals surface area contributed by atoms with Crippen LogP contribution in [0.1, 0.15) is 53.5 Å². The highest BCUT2D eigenvalue weighted by molar-refractivity contribution is 7.77. The Morgan fingerprint density at radius 2 is 1.43 bits per heavy atom. The molecule has 1 aliphatic rings. The van der Waals surface area contributed by atoms with Crippen LogP contribution in [0.4, 0.5) is 5.69 Å². The molecule has 4 aromatic rings. The van der Waals surface area contributed by atoms with E-state index in [9.17, 15) is 5.11 Å². The van der Waals surface area contributed by atoms with E-state index < -0.39 is 7.92 Å². The first-order valence-corrected chi connectivity index (χ1v) is 14.8. The van der Waals surface area contributed by atoms with Crippen molar-refractivity contribution in [1.29, 1.82) is 0 Å². The van der Waals surface area contributed by atoms with Gasteiger partial charge in [-0.05, 0) is 51.6 Å². The van der Waals surface area contributed by atoms with Crippen LogP contribution in [-0.2, 0) is 5.41 Å². The van der Waals surface area contributed by atoms with Crippen LogP contribution >= 0.6 is 7.92 Å². The number of hydrogen-bond donors (Lipinski definition) is 1. The van der Waals surface area contributed by atoms with Crippen molar-refractivity contribution in [1.82, 2.24) is 0 Å². The molecule has 0 aliphatic carbocycles. The van der Waals surface area contributed by atoms with Gasteiger partial charge in [0, 0.05) is 16.5 Å². The van der Waals surface area contributed by atoms with E-state index >= 15 is 0 Å². The molecule has 1 heterocycles. The molecule has 1 N–H and O–H groups in total. The Morgan fingerprint density at radius 3 is 2.11 bits per heavy atom. The van der Waals surface area contributed by atoms with Gasteiger partial charge in [0.1, 0.15) is 5.75 Å². The second kappa shape index (κ2) is 9.41. The average molecular weight is 508 g/mol. The van der Waals surface area contributed by atoms with Crippen LogP contribution in [0.25, 0.3) is 21.9 Å². The van der Waals surface area contributed by atoms with Crippen LogP contribution in [-0.4, -0.2) is 21.9 Å². The van der Waals surface area contributed by atoms with Crippen molar-refractivity contribution >= 4 is 29.8 Å². The van der Waals surface area contributed by atoms with Crippen LogP contribution < -0.4 is 0 Å². The summed E-state index contributed by atoms with van der Waals surface area (Å²) in [7, 11) is -0.530. The minimum Gasteiger partial charge on any atom is -0.507 e.